The van der Waals surface area contributed by atoms with Crippen molar-refractivity contribution in [2.75, 3.05) is 13.1 Å². The lowest BCUT2D eigenvalue weighted by molar-refractivity contribution is -0.385. The Balaban J connectivity index is 1.84. The van der Waals surface area contributed by atoms with E-state index < -0.39 is 14.9 Å². The van der Waals surface area contributed by atoms with Crippen molar-refractivity contribution in [1.82, 2.24) is 10.0 Å². The van der Waals surface area contributed by atoms with Gasteiger partial charge in [0.2, 0.25) is 10.0 Å². The topological polar surface area (TPSA) is 101 Å². The van der Waals surface area contributed by atoms with Gasteiger partial charge in [-0.2, -0.15) is 0 Å². The van der Waals surface area contributed by atoms with E-state index in [2.05, 4.69) is 10.0 Å². The number of non-ortho nitro benzene ring substituents is 1. The van der Waals surface area contributed by atoms with Crippen LogP contribution in [0.2, 0.25) is 0 Å². The summed E-state index contributed by atoms with van der Waals surface area (Å²) < 4.78 is 26.6. The van der Waals surface area contributed by atoms with Crippen LogP contribution in [0.4, 0.5) is 5.69 Å². The van der Waals surface area contributed by atoms with Crippen molar-refractivity contribution in [1.29, 1.82) is 0 Å². The van der Waals surface area contributed by atoms with Crippen LogP contribution < -0.4 is 10.0 Å². The molecule has 0 bridgehead atoms. The molecule has 0 atom stereocenters. The number of benzene rings is 1. The zero-order chi connectivity index (χ0) is 16.9. The molecule has 2 N–H and O–H groups in total. The molecule has 2 rings (SSSR count). The van der Waals surface area contributed by atoms with Crippen LogP contribution in [-0.2, 0) is 16.6 Å². The third-order valence-electron chi connectivity index (χ3n) is 3.03. The van der Waals surface area contributed by atoms with E-state index in [1.54, 1.807) is 11.3 Å². The van der Waals surface area contributed by atoms with Gasteiger partial charge in [0.05, 0.1) is 9.82 Å². The van der Waals surface area contributed by atoms with Gasteiger partial charge in [0, 0.05) is 41.5 Å². The van der Waals surface area contributed by atoms with Crippen molar-refractivity contribution in [3.63, 3.8) is 0 Å². The molecule has 0 unspecified atom stereocenters. The fraction of sp³-hybridized carbons (Fsp3) is 0.286. The maximum Gasteiger partial charge on any atom is 0.270 e. The molecule has 1 heterocycles. The molecule has 2 aromatic rings. The normalized spacial score (nSPS) is 11.5. The highest BCUT2D eigenvalue weighted by Gasteiger charge is 2.16. The fourth-order valence-electron chi connectivity index (χ4n) is 1.91. The average Bonchev–Trinajstić information content (AvgIpc) is 2.92. The number of hydrogen-bond acceptors (Lipinski definition) is 6. The van der Waals surface area contributed by atoms with Crippen molar-refractivity contribution in [2.24, 2.45) is 0 Å². The highest BCUT2D eigenvalue weighted by atomic mass is 32.2. The first-order valence-corrected chi connectivity index (χ1v) is 9.18. The molecule has 0 aliphatic heterocycles. The van der Waals surface area contributed by atoms with Crippen LogP contribution in [0, 0.1) is 17.0 Å². The lowest BCUT2D eigenvalue weighted by atomic mass is 10.3. The summed E-state index contributed by atoms with van der Waals surface area (Å²) >= 11 is 1.69. The predicted octanol–water partition coefficient (Wildman–Crippen LogP) is 2.03. The standard InChI is InChI=1S/C14H17N3O4S2/c1-11-5-6-13(22-11)10-15-7-8-16-23(20,21)14-4-2-3-12(9-14)17(18)19/h2-6,9,15-16H,7-8,10H2,1H3. The Morgan fingerprint density at radius 2 is 2.00 bits per heavy atom. The van der Waals surface area contributed by atoms with Gasteiger partial charge in [-0.3, -0.25) is 10.1 Å². The molecule has 7 nitrogen and oxygen atoms in total. The monoisotopic (exact) mass is 355 g/mol. The van der Waals surface area contributed by atoms with E-state index in [0.717, 1.165) is 6.07 Å². The number of hydrogen-bond donors (Lipinski definition) is 2. The minimum atomic E-state index is -3.75. The Labute approximate surface area is 138 Å². The van der Waals surface area contributed by atoms with Crippen molar-refractivity contribution >= 4 is 27.0 Å². The van der Waals surface area contributed by atoms with Crippen molar-refractivity contribution in [2.45, 2.75) is 18.4 Å². The minimum absolute atomic E-state index is 0.111. The Hall–Kier alpha value is -1.81. The van der Waals surface area contributed by atoms with Crippen LogP contribution in [0.25, 0.3) is 0 Å². The average molecular weight is 355 g/mol. The van der Waals surface area contributed by atoms with E-state index >= 15 is 0 Å². The van der Waals surface area contributed by atoms with Gasteiger partial charge in [0.1, 0.15) is 0 Å². The van der Waals surface area contributed by atoms with E-state index in [1.807, 2.05) is 19.1 Å². The molecule has 1 aromatic carbocycles. The first-order chi connectivity index (χ1) is 10.9. The second-order valence-electron chi connectivity index (χ2n) is 4.84. The highest BCUT2D eigenvalue weighted by Crippen LogP contribution is 2.17. The van der Waals surface area contributed by atoms with E-state index in [1.165, 1.54) is 28.0 Å². The smallest absolute Gasteiger partial charge is 0.270 e. The van der Waals surface area contributed by atoms with Crippen molar-refractivity contribution < 1.29 is 13.3 Å². The molecule has 9 heteroatoms. The molecule has 124 valence electrons. The van der Waals surface area contributed by atoms with Crippen LogP contribution in [0.15, 0.2) is 41.3 Å². The molecule has 0 spiro atoms. The second kappa shape index (κ2) is 7.64. The minimum Gasteiger partial charge on any atom is -0.311 e. The third-order valence-corrected chi connectivity index (χ3v) is 5.49. The van der Waals surface area contributed by atoms with E-state index in [9.17, 15) is 18.5 Å². The number of nitro groups is 1. The first-order valence-electron chi connectivity index (χ1n) is 6.88. The number of aryl methyl sites for hydroxylation is 1. The van der Waals surface area contributed by atoms with Crippen LogP contribution in [0.5, 0.6) is 0 Å². The molecule has 0 saturated carbocycles. The number of sulfonamides is 1. The SMILES string of the molecule is Cc1ccc(CNCCNS(=O)(=O)c2cccc([N+](=O)[O-])c2)s1. The maximum atomic E-state index is 12.1. The number of nitrogens with one attached hydrogen (secondary N) is 2. The van der Waals surface area contributed by atoms with Gasteiger partial charge in [-0.05, 0) is 25.1 Å². The van der Waals surface area contributed by atoms with Gasteiger partial charge < -0.3 is 5.32 Å². The van der Waals surface area contributed by atoms with E-state index in [-0.39, 0.29) is 17.1 Å². The molecule has 0 radical (unpaired) electrons. The van der Waals surface area contributed by atoms with Crippen LogP contribution >= 0.6 is 11.3 Å². The Bertz CT molecular complexity index is 787. The van der Waals surface area contributed by atoms with Gasteiger partial charge in [0.15, 0.2) is 0 Å². The molecular formula is C14H17N3O4S2. The lowest BCUT2D eigenvalue weighted by Crippen LogP contribution is -2.31. The van der Waals surface area contributed by atoms with Gasteiger partial charge >= 0.3 is 0 Å². The lowest BCUT2D eigenvalue weighted by Gasteiger charge is -2.07. The summed E-state index contributed by atoms with van der Waals surface area (Å²) in [5.74, 6) is 0. The van der Waals surface area contributed by atoms with E-state index in [4.69, 9.17) is 0 Å². The molecular weight excluding hydrogens is 338 g/mol. The number of thiophene rings is 1. The quantitative estimate of drug-likeness (QED) is 0.429. The highest BCUT2D eigenvalue weighted by molar-refractivity contribution is 7.89. The molecule has 23 heavy (non-hydrogen) atoms. The summed E-state index contributed by atoms with van der Waals surface area (Å²) in [6, 6.07) is 9.04. The molecule has 1 aromatic heterocycles. The predicted molar refractivity (Wildman–Crippen MR) is 89.0 cm³/mol. The molecule has 0 aliphatic carbocycles. The summed E-state index contributed by atoms with van der Waals surface area (Å²) in [4.78, 5) is 12.4. The van der Waals surface area contributed by atoms with E-state index in [0.29, 0.717) is 13.1 Å². The zero-order valence-corrected chi connectivity index (χ0v) is 14.1. The number of nitro benzene ring substituents is 1. The summed E-state index contributed by atoms with van der Waals surface area (Å²) in [7, 11) is -3.75. The second-order valence-corrected chi connectivity index (χ2v) is 7.98. The first kappa shape index (κ1) is 17.5. The van der Waals surface area contributed by atoms with Gasteiger partial charge in [0.25, 0.3) is 5.69 Å². The van der Waals surface area contributed by atoms with Crippen molar-refractivity contribution in [3.8, 4) is 0 Å². The van der Waals surface area contributed by atoms with Crippen LogP contribution in [-0.4, -0.2) is 26.4 Å². The number of nitrogens with zero attached hydrogens (tertiary/aromatic N) is 1. The Kier molecular flexibility index (Phi) is 5.83. The third kappa shape index (κ3) is 5.10. The summed E-state index contributed by atoms with van der Waals surface area (Å²) in [6.45, 7) is 3.37. The van der Waals surface area contributed by atoms with Crippen LogP contribution in [0.1, 0.15) is 9.75 Å². The zero-order valence-electron chi connectivity index (χ0n) is 12.5. The Morgan fingerprint density at radius 1 is 1.22 bits per heavy atom. The molecule has 0 amide bonds. The van der Waals surface area contributed by atoms with Gasteiger partial charge in [-0.15, -0.1) is 11.3 Å². The fourth-order valence-corrected chi connectivity index (χ4v) is 3.84. The van der Waals surface area contributed by atoms with Crippen molar-refractivity contribution in [3.05, 3.63) is 56.3 Å². The molecule has 0 saturated heterocycles. The van der Waals surface area contributed by atoms with Gasteiger partial charge in [-0.1, -0.05) is 6.07 Å². The summed E-state index contributed by atoms with van der Waals surface area (Å²) in [5.41, 5.74) is -0.251. The molecule has 0 fully saturated rings. The molecule has 0 aliphatic rings. The number of rotatable bonds is 8. The van der Waals surface area contributed by atoms with Gasteiger partial charge in [-0.25, -0.2) is 13.1 Å². The summed E-state index contributed by atoms with van der Waals surface area (Å²) in [6.07, 6.45) is 0. The van der Waals surface area contributed by atoms with Crippen LogP contribution in [0.3, 0.4) is 0 Å². The summed E-state index contributed by atoms with van der Waals surface area (Å²) in [5, 5.41) is 13.8. The maximum absolute atomic E-state index is 12.1. The largest absolute Gasteiger partial charge is 0.311 e. The Morgan fingerprint density at radius 3 is 2.65 bits per heavy atom.